The van der Waals surface area contributed by atoms with Gasteiger partial charge in [0.25, 0.3) is 5.91 Å². The van der Waals surface area contributed by atoms with Crippen LogP contribution in [0.2, 0.25) is 0 Å². The number of aliphatic carboxylic acids is 1. The lowest BCUT2D eigenvalue weighted by atomic mass is 9.99. The Balaban J connectivity index is 1.96. The van der Waals surface area contributed by atoms with Crippen molar-refractivity contribution in [3.8, 4) is 5.75 Å². The number of amides is 1. The number of hydrogen-bond acceptors (Lipinski definition) is 4. The van der Waals surface area contributed by atoms with E-state index in [9.17, 15) is 19.1 Å². The summed E-state index contributed by atoms with van der Waals surface area (Å²) in [5, 5.41) is 11.6. The van der Waals surface area contributed by atoms with E-state index in [-0.39, 0.29) is 25.4 Å². The monoisotopic (exact) mass is 297 g/mol. The minimum absolute atomic E-state index is 0.0443. The molecular weight excluding hydrogens is 281 g/mol. The summed E-state index contributed by atoms with van der Waals surface area (Å²) in [7, 11) is 0. The highest BCUT2D eigenvalue weighted by Gasteiger charge is 2.43. The van der Waals surface area contributed by atoms with Gasteiger partial charge in [0, 0.05) is 13.0 Å². The van der Waals surface area contributed by atoms with Gasteiger partial charge in [-0.25, -0.2) is 9.18 Å². The van der Waals surface area contributed by atoms with Gasteiger partial charge < -0.3 is 19.9 Å². The number of carbonyl (C=O) groups is 2. The van der Waals surface area contributed by atoms with Crippen LogP contribution in [-0.2, 0) is 14.3 Å². The normalized spacial score (nSPS) is 21.0. The van der Waals surface area contributed by atoms with Crippen LogP contribution < -0.4 is 10.1 Å². The third kappa shape index (κ3) is 3.49. The molecule has 7 heteroatoms. The molecule has 0 bridgehead atoms. The SMILES string of the molecule is Cc1ccc(F)c(OCC(=O)NC2(C(=O)O)CCOC2)c1. The zero-order valence-electron chi connectivity index (χ0n) is 11.5. The van der Waals surface area contributed by atoms with E-state index >= 15 is 0 Å². The van der Waals surface area contributed by atoms with E-state index in [1.54, 1.807) is 13.0 Å². The summed E-state index contributed by atoms with van der Waals surface area (Å²) in [6, 6.07) is 4.29. The molecule has 1 aromatic carbocycles. The lowest BCUT2D eigenvalue weighted by Gasteiger charge is -2.23. The molecule has 114 valence electrons. The molecular formula is C14H16FNO5. The first-order valence-corrected chi connectivity index (χ1v) is 6.44. The maximum Gasteiger partial charge on any atom is 0.331 e. The second kappa shape index (κ2) is 6.09. The van der Waals surface area contributed by atoms with Gasteiger partial charge >= 0.3 is 5.97 Å². The molecule has 1 fully saturated rings. The van der Waals surface area contributed by atoms with Crippen molar-refractivity contribution in [2.45, 2.75) is 18.9 Å². The Labute approximate surface area is 120 Å². The molecule has 1 amide bonds. The molecule has 1 heterocycles. The van der Waals surface area contributed by atoms with Crippen LogP contribution in [0.1, 0.15) is 12.0 Å². The third-order valence-corrected chi connectivity index (χ3v) is 3.26. The van der Waals surface area contributed by atoms with Gasteiger partial charge in [0.05, 0.1) is 6.61 Å². The summed E-state index contributed by atoms with van der Waals surface area (Å²) in [4.78, 5) is 23.0. The molecule has 2 N–H and O–H groups in total. The summed E-state index contributed by atoms with van der Waals surface area (Å²) in [6.07, 6.45) is 0.187. The third-order valence-electron chi connectivity index (χ3n) is 3.26. The molecule has 0 radical (unpaired) electrons. The number of rotatable bonds is 5. The van der Waals surface area contributed by atoms with Crippen LogP contribution in [0, 0.1) is 12.7 Å². The van der Waals surface area contributed by atoms with Crippen LogP contribution in [0.5, 0.6) is 5.75 Å². The number of halogens is 1. The van der Waals surface area contributed by atoms with Gasteiger partial charge in [-0.3, -0.25) is 4.79 Å². The molecule has 2 rings (SSSR count). The predicted octanol–water partition coefficient (Wildman–Crippen LogP) is 0.873. The van der Waals surface area contributed by atoms with E-state index in [4.69, 9.17) is 9.47 Å². The highest BCUT2D eigenvalue weighted by Crippen LogP contribution is 2.20. The van der Waals surface area contributed by atoms with Crippen LogP contribution in [0.25, 0.3) is 0 Å². The lowest BCUT2D eigenvalue weighted by molar-refractivity contribution is -0.148. The van der Waals surface area contributed by atoms with Crippen molar-refractivity contribution in [2.24, 2.45) is 0 Å². The highest BCUT2D eigenvalue weighted by molar-refractivity contribution is 5.88. The minimum atomic E-state index is -1.43. The summed E-state index contributed by atoms with van der Waals surface area (Å²) in [5.41, 5.74) is -0.635. The van der Waals surface area contributed by atoms with Gasteiger partial charge in [-0.2, -0.15) is 0 Å². The van der Waals surface area contributed by atoms with E-state index in [1.165, 1.54) is 12.1 Å². The number of carboxylic acids is 1. The molecule has 1 aliphatic rings. The first kappa shape index (κ1) is 15.2. The molecule has 1 saturated heterocycles. The fourth-order valence-electron chi connectivity index (χ4n) is 2.05. The largest absolute Gasteiger partial charge is 0.481 e. The van der Waals surface area contributed by atoms with Crippen LogP contribution in [0.4, 0.5) is 4.39 Å². The van der Waals surface area contributed by atoms with E-state index in [0.717, 1.165) is 5.56 Å². The first-order chi connectivity index (χ1) is 9.93. The Hall–Kier alpha value is -2.15. The fraction of sp³-hybridized carbons (Fsp3) is 0.429. The van der Waals surface area contributed by atoms with Gasteiger partial charge in [-0.05, 0) is 24.6 Å². The smallest absolute Gasteiger partial charge is 0.331 e. The van der Waals surface area contributed by atoms with E-state index in [1.807, 2.05) is 0 Å². The first-order valence-electron chi connectivity index (χ1n) is 6.44. The summed E-state index contributed by atoms with van der Waals surface area (Å²) in [6.45, 7) is 1.48. The van der Waals surface area contributed by atoms with Crippen molar-refractivity contribution in [1.29, 1.82) is 0 Å². The minimum Gasteiger partial charge on any atom is -0.481 e. The average molecular weight is 297 g/mol. The molecule has 1 aromatic rings. The van der Waals surface area contributed by atoms with Gasteiger partial charge in [0.1, 0.15) is 0 Å². The second-order valence-corrected chi connectivity index (χ2v) is 4.96. The number of carbonyl (C=O) groups excluding carboxylic acids is 1. The second-order valence-electron chi connectivity index (χ2n) is 4.96. The van der Waals surface area contributed by atoms with E-state index < -0.39 is 29.8 Å². The number of nitrogens with one attached hydrogen (secondary N) is 1. The van der Waals surface area contributed by atoms with Gasteiger partial charge in [0.2, 0.25) is 0 Å². The average Bonchev–Trinajstić information content (AvgIpc) is 2.89. The van der Waals surface area contributed by atoms with Gasteiger partial charge in [0.15, 0.2) is 23.7 Å². The highest BCUT2D eigenvalue weighted by atomic mass is 19.1. The van der Waals surface area contributed by atoms with Crippen molar-refractivity contribution in [3.63, 3.8) is 0 Å². The predicted molar refractivity (Wildman–Crippen MR) is 70.6 cm³/mol. The van der Waals surface area contributed by atoms with Crippen molar-refractivity contribution in [1.82, 2.24) is 5.32 Å². The number of benzene rings is 1. The summed E-state index contributed by atoms with van der Waals surface area (Å²) in [5.74, 6) is -2.42. The Bertz CT molecular complexity index is 554. The molecule has 6 nitrogen and oxygen atoms in total. The zero-order chi connectivity index (χ0) is 15.5. The van der Waals surface area contributed by atoms with Gasteiger partial charge in [-0.1, -0.05) is 6.07 Å². The molecule has 0 spiro atoms. The van der Waals surface area contributed by atoms with E-state index in [0.29, 0.717) is 0 Å². The van der Waals surface area contributed by atoms with Crippen LogP contribution in [-0.4, -0.2) is 42.3 Å². The Morgan fingerprint density at radius 1 is 1.52 bits per heavy atom. The Morgan fingerprint density at radius 3 is 2.90 bits per heavy atom. The maximum atomic E-state index is 13.5. The summed E-state index contributed by atoms with van der Waals surface area (Å²) >= 11 is 0. The number of ether oxygens (including phenoxy) is 2. The quantitative estimate of drug-likeness (QED) is 0.842. The van der Waals surface area contributed by atoms with Crippen molar-refractivity contribution < 1.29 is 28.6 Å². The van der Waals surface area contributed by atoms with E-state index in [2.05, 4.69) is 5.32 Å². The molecule has 0 aliphatic carbocycles. The lowest BCUT2D eigenvalue weighted by Crippen LogP contribution is -2.56. The molecule has 0 aromatic heterocycles. The molecule has 1 aliphatic heterocycles. The molecule has 21 heavy (non-hydrogen) atoms. The number of hydrogen-bond donors (Lipinski definition) is 2. The number of aryl methyl sites for hydroxylation is 1. The summed E-state index contributed by atoms with van der Waals surface area (Å²) < 4.78 is 23.6. The van der Waals surface area contributed by atoms with Crippen LogP contribution >= 0.6 is 0 Å². The fourth-order valence-corrected chi connectivity index (χ4v) is 2.05. The number of carboxylic acid groups (broad SMARTS) is 1. The molecule has 0 saturated carbocycles. The zero-order valence-corrected chi connectivity index (χ0v) is 11.5. The molecule has 1 unspecified atom stereocenters. The van der Waals surface area contributed by atoms with Crippen molar-refractivity contribution in [3.05, 3.63) is 29.6 Å². The maximum absolute atomic E-state index is 13.5. The van der Waals surface area contributed by atoms with Crippen molar-refractivity contribution in [2.75, 3.05) is 19.8 Å². The van der Waals surface area contributed by atoms with Crippen molar-refractivity contribution >= 4 is 11.9 Å². The van der Waals surface area contributed by atoms with Crippen LogP contribution in [0.15, 0.2) is 18.2 Å². The van der Waals surface area contributed by atoms with Gasteiger partial charge in [-0.15, -0.1) is 0 Å². The standard InChI is InChI=1S/C14H16FNO5/c1-9-2-3-10(15)11(6-9)21-7-12(17)16-14(13(18)19)4-5-20-8-14/h2-3,6H,4-5,7-8H2,1H3,(H,16,17)(H,18,19). The molecule has 1 atom stereocenters. The Kier molecular flexibility index (Phi) is 4.42. The Morgan fingerprint density at radius 2 is 2.29 bits per heavy atom. The van der Waals surface area contributed by atoms with Crippen LogP contribution in [0.3, 0.4) is 0 Å². The topological polar surface area (TPSA) is 84.9 Å².